The van der Waals surface area contributed by atoms with E-state index in [1.54, 1.807) is 24.3 Å². The molecule has 5 nitrogen and oxygen atoms in total. The van der Waals surface area contributed by atoms with Crippen molar-refractivity contribution < 1.29 is 27.6 Å². The molecule has 0 unspecified atom stereocenters. The maximum atomic E-state index is 13.4. The van der Waals surface area contributed by atoms with Crippen LogP contribution >= 0.6 is 22.9 Å². The molecule has 164 valence electrons. The van der Waals surface area contributed by atoms with Crippen LogP contribution in [0, 0.1) is 5.92 Å². The molecule has 3 heterocycles. The van der Waals surface area contributed by atoms with Crippen LogP contribution in [0.4, 0.5) is 24.5 Å². The Morgan fingerprint density at radius 3 is 2.34 bits per heavy atom. The largest absolute Gasteiger partial charge is 0.416 e. The minimum atomic E-state index is -4.60. The minimum Gasteiger partial charge on any atom is -0.273 e. The number of benzene rings is 2. The predicted octanol–water partition coefficient (Wildman–Crippen LogP) is 5.47. The van der Waals surface area contributed by atoms with Gasteiger partial charge in [0.05, 0.1) is 16.9 Å². The van der Waals surface area contributed by atoms with Gasteiger partial charge in [-0.1, -0.05) is 23.7 Å². The first-order valence-electron chi connectivity index (χ1n) is 9.56. The van der Waals surface area contributed by atoms with Gasteiger partial charge >= 0.3 is 6.18 Å². The van der Waals surface area contributed by atoms with Crippen molar-refractivity contribution >= 4 is 46.1 Å². The van der Waals surface area contributed by atoms with Gasteiger partial charge in [-0.05, 0) is 53.9 Å². The number of anilines is 2. The van der Waals surface area contributed by atoms with Crippen molar-refractivity contribution in [3.05, 3.63) is 81.5 Å². The maximum Gasteiger partial charge on any atom is 0.416 e. The van der Waals surface area contributed by atoms with Crippen LogP contribution < -0.4 is 9.96 Å². The van der Waals surface area contributed by atoms with Gasteiger partial charge in [0.25, 0.3) is 5.91 Å². The van der Waals surface area contributed by atoms with Gasteiger partial charge in [-0.25, -0.2) is 9.96 Å². The highest BCUT2D eigenvalue weighted by atomic mass is 35.5. The van der Waals surface area contributed by atoms with Gasteiger partial charge in [0.15, 0.2) is 6.10 Å². The standard InChI is InChI=1S/C22H14ClF3N2O3S/c23-13-6-8-14(9-7-13)28-18(16-5-2-10-32-16)17-19(31-28)21(30)27(20(17)29)15-4-1-3-12(11-15)22(24,25)26/h1-11,17-19H/t17-,18+,19+/m0/s1. The monoisotopic (exact) mass is 478 g/mol. The van der Waals surface area contributed by atoms with Crippen LogP contribution in [0.2, 0.25) is 5.02 Å². The Hall–Kier alpha value is -2.88. The average molecular weight is 479 g/mol. The van der Waals surface area contributed by atoms with Crippen molar-refractivity contribution in [2.75, 3.05) is 9.96 Å². The number of thiophene rings is 1. The number of rotatable bonds is 3. The van der Waals surface area contributed by atoms with Gasteiger partial charge in [0.2, 0.25) is 5.91 Å². The lowest BCUT2D eigenvalue weighted by atomic mass is 9.95. The fourth-order valence-electron chi connectivity index (χ4n) is 4.05. The number of carbonyl (C=O) groups excluding carboxylic acids is 2. The molecule has 0 saturated carbocycles. The quantitative estimate of drug-likeness (QED) is 0.468. The molecule has 3 atom stereocenters. The van der Waals surface area contributed by atoms with Gasteiger partial charge in [-0.15, -0.1) is 11.3 Å². The molecule has 3 aromatic rings. The van der Waals surface area contributed by atoms with Crippen LogP contribution in [0.25, 0.3) is 0 Å². The van der Waals surface area contributed by atoms with Crippen LogP contribution in [0.3, 0.4) is 0 Å². The van der Waals surface area contributed by atoms with E-state index in [9.17, 15) is 22.8 Å². The molecule has 2 saturated heterocycles. The number of fused-ring (bicyclic) bond motifs is 1. The molecule has 0 aliphatic carbocycles. The Kier molecular flexibility index (Phi) is 4.99. The smallest absolute Gasteiger partial charge is 0.273 e. The van der Waals surface area contributed by atoms with Crippen molar-refractivity contribution in [3.63, 3.8) is 0 Å². The van der Waals surface area contributed by atoms with Crippen molar-refractivity contribution in [1.82, 2.24) is 0 Å². The van der Waals surface area contributed by atoms with Gasteiger partial charge in [0, 0.05) is 9.90 Å². The van der Waals surface area contributed by atoms with E-state index in [-0.39, 0.29) is 5.69 Å². The Morgan fingerprint density at radius 1 is 0.938 bits per heavy atom. The number of alkyl halides is 3. The molecule has 0 bridgehead atoms. The van der Waals surface area contributed by atoms with Crippen LogP contribution in [0.15, 0.2) is 66.0 Å². The van der Waals surface area contributed by atoms with Crippen LogP contribution in [-0.2, 0) is 20.6 Å². The van der Waals surface area contributed by atoms with Gasteiger partial charge in [0.1, 0.15) is 12.0 Å². The Labute approximate surface area is 189 Å². The van der Waals surface area contributed by atoms with E-state index in [0.717, 1.165) is 21.9 Å². The van der Waals surface area contributed by atoms with Crippen molar-refractivity contribution in [1.29, 1.82) is 0 Å². The normalized spacial score (nSPS) is 23.2. The first kappa shape index (κ1) is 21.0. The second-order valence-corrected chi connectivity index (χ2v) is 8.79. The number of halogens is 4. The maximum absolute atomic E-state index is 13.4. The third-order valence-corrected chi connectivity index (χ3v) is 6.66. The summed E-state index contributed by atoms with van der Waals surface area (Å²) in [6.07, 6.45) is -5.75. The topological polar surface area (TPSA) is 49.9 Å². The first-order valence-corrected chi connectivity index (χ1v) is 10.8. The molecule has 1 aromatic heterocycles. The SMILES string of the molecule is O=C1[C@H]2[C@@H](c3cccs3)N(c3ccc(Cl)cc3)O[C@H]2C(=O)N1c1cccc(C(F)(F)F)c1. The number of hydroxylamine groups is 1. The fourth-order valence-corrected chi connectivity index (χ4v) is 5.03. The van der Waals surface area contributed by atoms with Gasteiger partial charge < -0.3 is 0 Å². The number of hydrogen-bond acceptors (Lipinski definition) is 5. The second-order valence-electron chi connectivity index (χ2n) is 7.37. The molecular weight excluding hydrogens is 465 g/mol. The number of amides is 2. The van der Waals surface area contributed by atoms with E-state index in [1.807, 2.05) is 17.5 Å². The lowest BCUT2D eigenvalue weighted by Gasteiger charge is -2.28. The number of hydrogen-bond donors (Lipinski definition) is 0. The van der Waals surface area contributed by atoms with E-state index in [1.165, 1.54) is 28.5 Å². The van der Waals surface area contributed by atoms with Crippen LogP contribution in [-0.4, -0.2) is 17.9 Å². The minimum absolute atomic E-state index is 0.129. The van der Waals surface area contributed by atoms with Crippen molar-refractivity contribution in [2.24, 2.45) is 5.92 Å². The fraction of sp³-hybridized carbons (Fsp3) is 0.182. The molecule has 2 aliphatic rings. The summed E-state index contributed by atoms with van der Waals surface area (Å²) in [4.78, 5) is 34.1. The molecule has 2 fully saturated rings. The zero-order valence-electron chi connectivity index (χ0n) is 16.1. The second kappa shape index (κ2) is 7.61. The average Bonchev–Trinajstić information content (AvgIpc) is 3.46. The highest BCUT2D eigenvalue weighted by Gasteiger charge is 2.60. The number of carbonyl (C=O) groups is 2. The molecular formula is C22H14ClF3N2O3S. The molecule has 10 heteroatoms. The zero-order valence-corrected chi connectivity index (χ0v) is 17.7. The summed E-state index contributed by atoms with van der Waals surface area (Å²) < 4.78 is 39.5. The lowest BCUT2D eigenvalue weighted by Crippen LogP contribution is -2.37. The van der Waals surface area contributed by atoms with Gasteiger partial charge in [-0.3, -0.25) is 14.4 Å². The summed E-state index contributed by atoms with van der Waals surface area (Å²) >= 11 is 7.37. The van der Waals surface area contributed by atoms with Crippen molar-refractivity contribution in [3.8, 4) is 0 Å². The summed E-state index contributed by atoms with van der Waals surface area (Å²) in [5.41, 5.74) is -0.463. The van der Waals surface area contributed by atoms with Crippen molar-refractivity contribution in [2.45, 2.75) is 18.3 Å². The lowest BCUT2D eigenvalue weighted by molar-refractivity contribution is -0.137. The summed E-state index contributed by atoms with van der Waals surface area (Å²) in [6.45, 7) is 0. The number of imide groups is 1. The van der Waals surface area contributed by atoms with E-state index < -0.39 is 41.6 Å². The van der Waals surface area contributed by atoms with E-state index in [0.29, 0.717) is 10.7 Å². The third kappa shape index (κ3) is 3.37. The number of nitrogens with zero attached hydrogens (tertiary/aromatic N) is 2. The predicted molar refractivity (Wildman–Crippen MR) is 113 cm³/mol. The summed E-state index contributed by atoms with van der Waals surface area (Å²) in [5, 5.41) is 3.87. The zero-order chi connectivity index (χ0) is 22.6. The highest BCUT2D eigenvalue weighted by Crippen LogP contribution is 2.49. The summed E-state index contributed by atoms with van der Waals surface area (Å²) in [5.74, 6) is -2.21. The summed E-state index contributed by atoms with van der Waals surface area (Å²) in [6, 6.07) is 14.0. The highest BCUT2D eigenvalue weighted by molar-refractivity contribution is 7.10. The van der Waals surface area contributed by atoms with Gasteiger partial charge in [-0.2, -0.15) is 13.2 Å². The van der Waals surface area contributed by atoms with Crippen LogP contribution in [0.5, 0.6) is 0 Å². The Morgan fingerprint density at radius 2 is 1.69 bits per heavy atom. The Balaban J connectivity index is 1.54. The molecule has 32 heavy (non-hydrogen) atoms. The molecule has 0 spiro atoms. The molecule has 2 aliphatic heterocycles. The molecule has 2 amide bonds. The molecule has 0 N–H and O–H groups in total. The molecule has 2 aromatic carbocycles. The van der Waals surface area contributed by atoms with E-state index in [4.69, 9.17) is 16.4 Å². The third-order valence-electron chi connectivity index (χ3n) is 5.46. The molecule has 5 rings (SSSR count). The molecule has 0 radical (unpaired) electrons. The van der Waals surface area contributed by atoms with Crippen LogP contribution in [0.1, 0.15) is 16.5 Å². The Bertz CT molecular complexity index is 1180. The first-order chi connectivity index (χ1) is 15.3. The van der Waals surface area contributed by atoms with E-state index in [2.05, 4.69) is 0 Å². The van der Waals surface area contributed by atoms with E-state index >= 15 is 0 Å². The summed E-state index contributed by atoms with van der Waals surface area (Å²) in [7, 11) is 0.